The molecule has 0 N–H and O–H groups in total. The molecule has 1 atom stereocenters. The van der Waals surface area contributed by atoms with E-state index in [1.165, 1.54) is 11.0 Å². The monoisotopic (exact) mass is 373 g/mol. The summed E-state index contributed by atoms with van der Waals surface area (Å²) >= 11 is 0. The lowest BCUT2D eigenvalue weighted by atomic mass is 10.2. The zero-order valence-corrected chi connectivity index (χ0v) is 15.1. The highest BCUT2D eigenvalue weighted by Crippen LogP contribution is 2.25. The fourth-order valence-corrected chi connectivity index (χ4v) is 3.98. The molecule has 1 aliphatic rings. The van der Waals surface area contributed by atoms with Crippen LogP contribution >= 0.6 is 0 Å². The predicted molar refractivity (Wildman–Crippen MR) is 99.1 cm³/mol. The van der Waals surface area contributed by atoms with Gasteiger partial charge in [0.05, 0.1) is 18.9 Å². The smallest absolute Gasteiger partial charge is 0.265 e. The summed E-state index contributed by atoms with van der Waals surface area (Å²) in [6.07, 6.45) is 1.53. The number of amides is 1. The van der Waals surface area contributed by atoms with Crippen LogP contribution in [0.2, 0.25) is 0 Å². The van der Waals surface area contributed by atoms with Crippen molar-refractivity contribution < 1.29 is 22.7 Å². The van der Waals surface area contributed by atoms with E-state index in [1.807, 2.05) is 18.2 Å². The molecule has 2 aromatic carbocycles. The number of sulfone groups is 1. The molecule has 0 saturated carbocycles. The third kappa shape index (κ3) is 4.23. The normalized spacial score (nSPS) is 17.7. The van der Waals surface area contributed by atoms with Crippen LogP contribution in [0.1, 0.15) is 0 Å². The average molecular weight is 373 g/mol. The van der Waals surface area contributed by atoms with Crippen molar-refractivity contribution in [3.05, 3.63) is 66.1 Å². The highest BCUT2D eigenvalue weighted by Gasteiger charge is 2.31. The molecule has 0 unspecified atom stereocenters. The molecule has 1 aliphatic heterocycles. The van der Waals surface area contributed by atoms with Gasteiger partial charge in [0, 0.05) is 11.1 Å². The van der Waals surface area contributed by atoms with Gasteiger partial charge in [-0.2, -0.15) is 0 Å². The minimum absolute atomic E-state index is 0.143. The van der Waals surface area contributed by atoms with Gasteiger partial charge >= 0.3 is 0 Å². The van der Waals surface area contributed by atoms with Crippen molar-refractivity contribution >= 4 is 21.4 Å². The number of nitrogens with zero attached hydrogens (tertiary/aromatic N) is 1. The van der Waals surface area contributed by atoms with Crippen LogP contribution < -0.4 is 14.4 Å². The lowest BCUT2D eigenvalue weighted by Gasteiger charge is -2.27. The number of para-hydroxylation sites is 1. The maximum atomic E-state index is 12.8. The van der Waals surface area contributed by atoms with Crippen molar-refractivity contribution in [2.75, 3.05) is 24.4 Å². The number of hydrogen-bond donors (Lipinski definition) is 0. The van der Waals surface area contributed by atoms with Crippen molar-refractivity contribution in [3.63, 3.8) is 0 Å². The summed E-state index contributed by atoms with van der Waals surface area (Å²) in [6, 6.07) is 15.3. The standard InChI is InChI=1S/C19H19NO5S/c1-24-17-9-7-15(8-10-17)20(16-11-12-26(22,23)14-16)19(21)13-25-18-5-3-2-4-6-18/h2-12,16H,13-14H2,1H3/t16-/m0/s1. The molecular weight excluding hydrogens is 354 g/mol. The summed E-state index contributed by atoms with van der Waals surface area (Å²) in [6.45, 7) is -0.194. The summed E-state index contributed by atoms with van der Waals surface area (Å²) < 4.78 is 34.3. The summed E-state index contributed by atoms with van der Waals surface area (Å²) in [5.74, 6) is 0.753. The van der Waals surface area contributed by atoms with E-state index in [1.54, 1.807) is 43.5 Å². The lowest BCUT2D eigenvalue weighted by Crippen LogP contribution is -2.43. The largest absolute Gasteiger partial charge is 0.497 e. The van der Waals surface area contributed by atoms with Crippen LogP contribution in [0.15, 0.2) is 66.1 Å². The zero-order chi connectivity index (χ0) is 18.6. The molecule has 7 heteroatoms. The first-order valence-electron chi connectivity index (χ1n) is 8.03. The number of rotatable bonds is 6. The van der Waals surface area contributed by atoms with E-state index in [2.05, 4.69) is 0 Å². The maximum Gasteiger partial charge on any atom is 0.265 e. The van der Waals surface area contributed by atoms with Crippen LogP contribution in [0, 0.1) is 0 Å². The fourth-order valence-electron chi connectivity index (χ4n) is 2.71. The van der Waals surface area contributed by atoms with Gasteiger partial charge in [0.25, 0.3) is 5.91 Å². The van der Waals surface area contributed by atoms with Crippen molar-refractivity contribution in [1.82, 2.24) is 0 Å². The first-order chi connectivity index (χ1) is 12.5. The Hall–Kier alpha value is -2.80. The number of carbonyl (C=O) groups excluding carboxylic acids is 1. The molecule has 1 amide bonds. The highest BCUT2D eigenvalue weighted by molar-refractivity contribution is 7.94. The SMILES string of the molecule is COc1ccc(N(C(=O)COc2ccccc2)[C@H]2C=CS(=O)(=O)C2)cc1. The molecule has 2 aromatic rings. The van der Waals surface area contributed by atoms with Crippen molar-refractivity contribution in [2.24, 2.45) is 0 Å². The van der Waals surface area contributed by atoms with Gasteiger partial charge in [-0.1, -0.05) is 18.2 Å². The summed E-state index contributed by atoms with van der Waals surface area (Å²) in [7, 11) is -1.75. The van der Waals surface area contributed by atoms with Gasteiger partial charge in [-0.05, 0) is 42.5 Å². The topological polar surface area (TPSA) is 72.9 Å². The highest BCUT2D eigenvalue weighted by atomic mass is 32.2. The van der Waals surface area contributed by atoms with Crippen molar-refractivity contribution in [1.29, 1.82) is 0 Å². The predicted octanol–water partition coefficient (Wildman–Crippen LogP) is 2.42. The average Bonchev–Trinajstić information content (AvgIpc) is 3.01. The van der Waals surface area contributed by atoms with Gasteiger partial charge in [0.2, 0.25) is 0 Å². The number of hydrogen-bond acceptors (Lipinski definition) is 5. The van der Waals surface area contributed by atoms with Gasteiger partial charge in [0.1, 0.15) is 11.5 Å². The van der Waals surface area contributed by atoms with Crippen LogP contribution in [0.3, 0.4) is 0 Å². The Morgan fingerprint density at radius 1 is 1.08 bits per heavy atom. The van der Waals surface area contributed by atoms with Gasteiger partial charge in [0.15, 0.2) is 16.4 Å². The molecule has 0 radical (unpaired) electrons. The second-order valence-corrected chi connectivity index (χ2v) is 7.72. The number of anilines is 1. The summed E-state index contributed by atoms with van der Waals surface area (Å²) in [5.41, 5.74) is 0.583. The van der Waals surface area contributed by atoms with Crippen LogP contribution in [-0.2, 0) is 14.6 Å². The molecular formula is C19H19NO5S. The lowest BCUT2D eigenvalue weighted by molar-refractivity contribution is -0.120. The van der Waals surface area contributed by atoms with E-state index >= 15 is 0 Å². The van der Waals surface area contributed by atoms with Gasteiger partial charge in [-0.3, -0.25) is 4.79 Å². The van der Waals surface area contributed by atoms with Gasteiger partial charge < -0.3 is 14.4 Å². The van der Waals surface area contributed by atoms with Crippen LogP contribution in [0.25, 0.3) is 0 Å². The summed E-state index contributed by atoms with van der Waals surface area (Å²) in [4.78, 5) is 14.3. The molecule has 6 nitrogen and oxygen atoms in total. The van der Waals surface area contributed by atoms with Crippen LogP contribution in [0.4, 0.5) is 5.69 Å². The third-order valence-corrected chi connectivity index (χ3v) is 5.35. The Balaban J connectivity index is 1.82. The van der Waals surface area contributed by atoms with Crippen molar-refractivity contribution in [2.45, 2.75) is 6.04 Å². The molecule has 26 heavy (non-hydrogen) atoms. The molecule has 0 fully saturated rings. The van der Waals surface area contributed by atoms with Gasteiger partial charge in [-0.25, -0.2) is 8.42 Å². The number of methoxy groups -OCH3 is 1. The van der Waals surface area contributed by atoms with Crippen LogP contribution in [0.5, 0.6) is 11.5 Å². The minimum atomic E-state index is -3.30. The molecule has 0 aliphatic carbocycles. The number of benzene rings is 2. The second kappa shape index (κ2) is 7.61. The molecule has 1 heterocycles. The Morgan fingerprint density at radius 3 is 2.35 bits per heavy atom. The quantitative estimate of drug-likeness (QED) is 0.778. The molecule has 0 bridgehead atoms. The van der Waals surface area contributed by atoms with Gasteiger partial charge in [-0.15, -0.1) is 0 Å². The first-order valence-corrected chi connectivity index (χ1v) is 9.75. The number of carbonyl (C=O) groups is 1. The molecule has 0 aromatic heterocycles. The Morgan fingerprint density at radius 2 is 1.77 bits per heavy atom. The zero-order valence-electron chi connectivity index (χ0n) is 14.2. The molecule has 0 spiro atoms. The Labute approximate surface area is 152 Å². The van der Waals surface area contributed by atoms with E-state index in [0.717, 1.165) is 5.41 Å². The number of ether oxygens (including phenoxy) is 2. The fraction of sp³-hybridized carbons (Fsp3) is 0.211. The minimum Gasteiger partial charge on any atom is -0.497 e. The molecule has 3 rings (SSSR count). The third-order valence-electron chi connectivity index (χ3n) is 3.97. The van der Waals surface area contributed by atoms with Crippen LogP contribution in [-0.4, -0.2) is 39.8 Å². The van der Waals surface area contributed by atoms with E-state index in [0.29, 0.717) is 17.2 Å². The molecule has 0 saturated heterocycles. The van der Waals surface area contributed by atoms with E-state index in [9.17, 15) is 13.2 Å². The second-order valence-electron chi connectivity index (χ2n) is 5.79. The Kier molecular flexibility index (Phi) is 5.27. The van der Waals surface area contributed by atoms with E-state index in [-0.39, 0.29) is 18.3 Å². The van der Waals surface area contributed by atoms with Crippen molar-refractivity contribution in [3.8, 4) is 11.5 Å². The van der Waals surface area contributed by atoms with E-state index < -0.39 is 15.9 Å². The Bertz CT molecular complexity index is 891. The van der Waals surface area contributed by atoms with E-state index in [4.69, 9.17) is 9.47 Å². The molecule has 136 valence electrons. The first kappa shape index (κ1) is 18.0. The maximum absolute atomic E-state index is 12.8. The summed E-state index contributed by atoms with van der Waals surface area (Å²) in [5, 5.41) is 1.15.